The SMILES string of the molecule is COc1ccc(/C=C/C(=O)c2cc(C)ccc2OC)cc1OC. The quantitative estimate of drug-likeness (QED) is 0.599. The van der Waals surface area contributed by atoms with Crippen LogP contribution in [0.15, 0.2) is 42.5 Å². The van der Waals surface area contributed by atoms with Crippen molar-refractivity contribution in [2.75, 3.05) is 21.3 Å². The average Bonchev–Trinajstić information content (AvgIpc) is 2.59. The van der Waals surface area contributed by atoms with Crippen LogP contribution in [0, 0.1) is 6.92 Å². The number of benzene rings is 2. The van der Waals surface area contributed by atoms with E-state index in [4.69, 9.17) is 14.2 Å². The van der Waals surface area contributed by atoms with Crippen molar-refractivity contribution >= 4 is 11.9 Å². The summed E-state index contributed by atoms with van der Waals surface area (Å²) in [7, 11) is 4.72. The molecular weight excluding hydrogens is 292 g/mol. The number of rotatable bonds is 6. The second-order valence-electron chi connectivity index (χ2n) is 5.02. The van der Waals surface area contributed by atoms with Gasteiger partial charge in [0, 0.05) is 0 Å². The fraction of sp³-hybridized carbons (Fsp3) is 0.211. The second kappa shape index (κ2) is 7.49. The Balaban J connectivity index is 2.26. The van der Waals surface area contributed by atoms with Gasteiger partial charge in [0.25, 0.3) is 0 Å². The largest absolute Gasteiger partial charge is 0.496 e. The molecule has 0 atom stereocenters. The van der Waals surface area contributed by atoms with Crippen LogP contribution < -0.4 is 14.2 Å². The van der Waals surface area contributed by atoms with Gasteiger partial charge in [0.1, 0.15) is 5.75 Å². The number of allylic oxidation sites excluding steroid dienone is 1. The summed E-state index contributed by atoms with van der Waals surface area (Å²) in [6.45, 7) is 1.94. The predicted octanol–water partition coefficient (Wildman–Crippen LogP) is 3.92. The number of hydrogen-bond donors (Lipinski definition) is 0. The maximum Gasteiger partial charge on any atom is 0.189 e. The summed E-state index contributed by atoms with van der Waals surface area (Å²) in [6, 6.07) is 11.0. The molecule has 0 saturated carbocycles. The van der Waals surface area contributed by atoms with Gasteiger partial charge in [-0.25, -0.2) is 0 Å². The topological polar surface area (TPSA) is 44.8 Å². The molecule has 23 heavy (non-hydrogen) atoms. The first-order chi connectivity index (χ1) is 11.1. The molecule has 120 valence electrons. The van der Waals surface area contributed by atoms with Crippen LogP contribution in [0.1, 0.15) is 21.5 Å². The normalized spacial score (nSPS) is 10.6. The number of carbonyl (C=O) groups excluding carboxylic acids is 1. The third kappa shape index (κ3) is 3.92. The lowest BCUT2D eigenvalue weighted by Crippen LogP contribution is -1.99. The zero-order valence-electron chi connectivity index (χ0n) is 13.8. The lowest BCUT2D eigenvalue weighted by atomic mass is 10.1. The molecule has 0 bridgehead atoms. The van der Waals surface area contributed by atoms with E-state index in [2.05, 4.69) is 0 Å². The van der Waals surface area contributed by atoms with E-state index in [1.807, 2.05) is 31.2 Å². The molecule has 0 unspecified atom stereocenters. The van der Waals surface area contributed by atoms with Crippen LogP contribution in [0.3, 0.4) is 0 Å². The lowest BCUT2D eigenvalue weighted by molar-refractivity contribution is 0.104. The van der Waals surface area contributed by atoms with E-state index in [9.17, 15) is 4.79 Å². The first-order valence-electron chi connectivity index (χ1n) is 7.18. The number of methoxy groups -OCH3 is 3. The molecule has 4 heteroatoms. The zero-order chi connectivity index (χ0) is 16.8. The summed E-state index contributed by atoms with van der Waals surface area (Å²) < 4.78 is 15.7. The Morgan fingerprint density at radius 1 is 0.870 bits per heavy atom. The van der Waals surface area contributed by atoms with Crippen LogP contribution in [0.25, 0.3) is 6.08 Å². The van der Waals surface area contributed by atoms with E-state index in [0.717, 1.165) is 11.1 Å². The maximum atomic E-state index is 12.4. The smallest absolute Gasteiger partial charge is 0.189 e. The van der Waals surface area contributed by atoms with E-state index in [0.29, 0.717) is 22.8 Å². The van der Waals surface area contributed by atoms with E-state index in [1.165, 1.54) is 6.08 Å². The molecule has 0 saturated heterocycles. The summed E-state index contributed by atoms with van der Waals surface area (Å²) in [5.74, 6) is 1.73. The molecule has 0 aromatic heterocycles. The van der Waals surface area contributed by atoms with Gasteiger partial charge in [-0.3, -0.25) is 4.79 Å². The number of ether oxygens (including phenoxy) is 3. The number of ketones is 1. The minimum Gasteiger partial charge on any atom is -0.496 e. The Morgan fingerprint density at radius 2 is 1.52 bits per heavy atom. The molecule has 2 rings (SSSR count). The fourth-order valence-electron chi connectivity index (χ4n) is 2.23. The van der Waals surface area contributed by atoms with E-state index in [-0.39, 0.29) is 5.78 Å². The van der Waals surface area contributed by atoms with Gasteiger partial charge >= 0.3 is 0 Å². The van der Waals surface area contributed by atoms with Gasteiger partial charge in [0.05, 0.1) is 26.9 Å². The van der Waals surface area contributed by atoms with Gasteiger partial charge < -0.3 is 14.2 Å². The van der Waals surface area contributed by atoms with Crippen LogP contribution in [0.2, 0.25) is 0 Å². The van der Waals surface area contributed by atoms with Gasteiger partial charge in [-0.2, -0.15) is 0 Å². The summed E-state index contributed by atoms with van der Waals surface area (Å²) in [5.41, 5.74) is 2.40. The number of hydrogen-bond acceptors (Lipinski definition) is 4. The first-order valence-corrected chi connectivity index (χ1v) is 7.18. The fourth-order valence-corrected chi connectivity index (χ4v) is 2.23. The molecular formula is C19H20O4. The van der Waals surface area contributed by atoms with Crippen molar-refractivity contribution in [3.63, 3.8) is 0 Å². The van der Waals surface area contributed by atoms with Crippen molar-refractivity contribution in [1.82, 2.24) is 0 Å². The van der Waals surface area contributed by atoms with Crippen molar-refractivity contribution in [2.24, 2.45) is 0 Å². The number of aryl methyl sites for hydroxylation is 1. The summed E-state index contributed by atoms with van der Waals surface area (Å²) in [5, 5.41) is 0. The molecule has 0 N–H and O–H groups in total. The average molecular weight is 312 g/mol. The zero-order valence-corrected chi connectivity index (χ0v) is 13.8. The van der Waals surface area contributed by atoms with Crippen molar-refractivity contribution in [3.05, 3.63) is 59.2 Å². The predicted molar refractivity (Wildman–Crippen MR) is 90.6 cm³/mol. The molecule has 0 aliphatic rings. The Bertz CT molecular complexity index is 732. The van der Waals surface area contributed by atoms with Crippen molar-refractivity contribution in [3.8, 4) is 17.2 Å². The van der Waals surface area contributed by atoms with Crippen molar-refractivity contribution in [2.45, 2.75) is 6.92 Å². The number of carbonyl (C=O) groups is 1. The molecule has 0 fully saturated rings. The standard InChI is InChI=1S/C19H20O4/c1-13-5-9-17(21-2)15(11-13)16(20)8-6-14-7-10-18(22-3)19(12-14)23-4/h5-12H,1-4H3/b8-6+. The maximum absolute atomic E-state index is 12.4. The van der Waals surface area contributed by atoms with Crippen molar-refractivity contribution < 1.29 is 19.0 Å². The third-order valence-corrected chi connectivity index (χ3v) is 3.46. The molecule has 2 aromatic carbocycles. The van der Waals surface area contributed by atoms with E-state index in [1.54, 1.807) is 39.5 Å². The van der Waals surface area contributed by atoms with Gasteiger partial charge in [0.15, 0.2) is 17.3 Å². The van der Waals surface area contributed by atoms with Crippen LogP contribution in [0.4, 0.5) is 0 Å². The highest BCUT2D eigenvalue weighted by Crippen LogP contribution is 2.28. The van der Waals surface area contributed by atoms with Crippen LogP contribution in [-0.4, -0.2) is 27.1 Å². The van der Waals surface area contributed by atoms with E-state index >= 15 is 0 Å². The monoisotopic (exact) mass is 312 g/mol. The van der Waals surface area contributed by atoms with E-state index < -0.39 is 0 Å². The Labute approximate surface area is 136 Å². The molecule has 4 nitrogen and oxygen atoms in total. The molecule has 0 radical (unpaired) electrons. The lowest BCUT2D eigenvalue weighted by Gasteiger charge is -2.08. The van der Waals surface area contributed by atoms with Gasteiger partial charge in [-0.05, 0) is 42.8 Å². The molecule has 0 aliphatic heterocycles. The summed E-state index contributed by atoms with van der Waals surface area (Å²) in [6.07, 6.45) is 3.27. The highest BCUT2D eigenvalue weighted by Gasteiger charge is 2.10. The Morgan fingerprint density at radius 3 is 2.17 bits per heavy atom. The van der Waals surface area contributed by atoms with Crippen molar-refractivity contribution in [1.29, 1.82) is 0 Å². The highest BCUT2D eigenvalue weighted by atomic mass is 16.5. The Hall–Kier alpha value is -2.75. The Kier molecular flexibility index (Phi) is 5.41. The van der Waals surface area contributed by atoms with Gasteiger partial charge in [0.2, 0.25) is 0 Å². The molecule has 0 aliphatic carbocycles. The molecule has 2 aromatic rings. The molecule has 0 heterocycles. The third-order valence-electron chi connectivity index (χ3n) is 3.46. The second-order valence-corrected chi connectivity index (χ2v) is 5.02. The van der Waals surface area contributed by atoms with Gasteiger partial charge in [-0.1, -0.05) is 23.8 Å². The summed E-state index contributed by atoms with van der Waals surface area (Å²) in [4.78, 5) is 12.4. The first kappa shape index (κ1) is 16.6. The minimum absolute atomic E-state index is 0.111. The van der Waals surface area contributed by atoms with Crippen LogP contribution >= 0.6 is 0 Å². The summed E-state index contributed by atoms with van der Waals surface area (Å²) >= 11 is 0. The molecule has 0 amide bonds. The van der Waals surface area contributed by atoms with Crippen LogP contribution in [-0.2, 0) is 0 Å². The van der Waals surface area contributed by atoms with Gasteiger partial charge in [-0.15, -0.1) is 0 Å². The molecule has 0 spiro atoms. The highest BCUT2D eigenvalue weighted by molar-refractivity contribution is 6.08. The minimum atomic E-state index is -0.111. The van der Waals surface area contributed by atoms with Crippen LogP contribution in [0.5, 0.6) is 17.2 Å².